The maximum absolute atomic E-state index is 12.6. The van der Waals surface area contributed by atoms with E-state index in [-0.39, 0.29) is 18.2 Å². The minimum absolute atomic E-state index is 0.00411. The summed E-state index contributed by atoms with van der Waals surface area (Å²) >= 11 is 0. The fourth-order valence-corrected chi connectivity index (χ4v) is 2.40. The first-order valence-electron chi connectivity index (χ1n) is 8.17. The Bertz CT molecular complexity index is 891. The summed E-state index contributed by atoms with van der Waals surface area (Å²) in [7, 11) is 0. The van der Waals surface area contributed by atoms with Gasteiger partial charge < -0.3 is 5.32 Å². The number of aromatic amines is 1. The molecule has 0 fully saturated rings. The Morgan fingerprint density at radius 2 is 1.89 bits per heavy atom. The van der Waals surface area contributed by atoms with Gasteiger partial charge in [0.15, 0.2) is 5.82 Å². The number of hydrogen-bond donors (Lipinski definition) is 2. The summed E-state index contributed by atoms with van der Waals surface area (Å²) < 4.78 is 37.8. The quantitative estimate of drug-likeness (QED) is 0.694. The molecule has 0 atom stereocenters. The van der Waals surface area contributed by atoms with Crippen molar-refractivity contribution in [2.45, 2.75) is 19.0 Å². The molecule has 0 aliphatic rings. The Labute approximate surface area is 152 Å². The molecule has 2 aromatic heterocycles. The molecule has 3 aromatic rings. The van der Waals surface area contributed by atoms with E-state index in [1.807, 2.05) is 18.2 Å². The SMILES string of the molecule is O=C(Cc1nc(-c2ccc(C(F)(F)F)cc2)n[nH]1)NCCc1ccccn1. The molecule has 6 nitrogen and oxygen atoms in total. The van der Waals surface area contributed by atoms with Crippen LogP contribution in [0.15, 0.2) is 48.7 Å². The van der Waals surface area contributed by atoms with Gasteiger partial charge >= 0.3 is 6.18 Å². The number of pyridine rings is 1. The zero-order valence-corrected chi connectivity index (χ0v) is 14.1. The molecule has 0 spiro atoms. The van der Waals surface area contributed by atoms with Crippen molar-refractivity contribution >= 4 is 5.91 Å². The second-order valence-corrected chi connectivity index (χ2v) is 5.78. The average molecular weight is 375 g/mol. The molecule has 0 saturated carbocycles. The molecule has 0 bridgehead atoms. The Hall–Kier alpha value is -3.23. The molecule has 1 aromatic carbocycles. The number of amides is 1. The third-order valence-corrected chi connectivity index (χ3v) is 3.76. The van der Waals surface area contributed by atoms with Crippen LogP contribution in [0.1, 0.15) is 17.1 Å². The maximum Gasteiger partial charge on any atom is 0.416 e. The average Bonchev–Trinajstić information content (AvgIpc) is 3.10. The van der Waals surface area contributed by atoms with Gasteiger partial charge in [-0.3, -0.25) is 14.9 Å². The van der Waals surface area contributed by atoms with E-state index in [1.54, 1.807) is 6.20 Å². The summed E-state index contributed by atoms with van der Waals surface area (Å²) in [6.45, 7) is 0.440. The van der Waals surface area contributed by atoms with Crippen molar-refractivity contribution in [3.63, 3.8) is 0 Å². The molecule has 140 valence electrons. The van der Waals surface area contributed by atoms with Gasteiger partial charge in [0.25, 0.3) is 0 Å². The van der Waals surface area contributed by atoms with Crippen LogP contribution in [0.4, 0.5) is 13.2 Å². The van der Waals surface area contributed by atoms with Crippen molar-refractivity contribution in [1.29, 1.82) is 0 Å². The van der Waals surface area contributed by atoms with Crippen molar-refractivity contribution in [3.05, 3.63) is 65.7 Å². The standard InChI is InChI=1S/C18H16F3N5O/c19-18(20,21)13-6-4-12(5-7-13)17-24-15(25-26-17)11-16(27)23-10-8-14-3-1-2-9-22-14/h1-7,9H,8,10-11H2,(H,23,27)(H,24,25,26). The summed E-state index contributed by atoms with van der Waals surface area (Å²) in [4.78, 5) is 20.3. The highest BCUT2D eigenvalue weighted by Crippen LogP contribution is 2.30. The number of benzene rings is 1. The number of hydrogen-bond acceptors (Lipinski definition) is 4. The molecule has 0 radical (unpaired) electrons. The zero-order chi connectivity index (χ0) is 19.3. The molecule has 0 aliphatic heterocycles. The lowest BCUT2D eigenvalue weighted by molar-refractivity contribution is -0.137. The number of alkyl halides is 3. The van der Waals surface area contributed by atoms with Crippen LogP contribution in [-0.4, -0.2) is 32.6 Å². The first-order valence-corrected chi connectivity index (χ1v) is 8.17. The molecule has 0 unspecified atom stereocenters. The van der Waals surface area contributed by atoms with E-state index in [1.165, 1.54) is 12.1 Å². The second kappa shape index (κ2) is 7.98. The smallest absolute Gasteiger partial charge is 0.355 e. The molecule has 2 heterocycles. The summed E-state index contributed by atoms with van der Waals surface area (Å²) in [5, 5.41) is 9.34. The Morgan fingerprint density at radius 3 is 2.56 bits per heavy atom. The molecule has 0 saturated heterocycles. The van der Waals surface area contributed by atoms with E-state index < -0.39 is 11.7 Å². The third kappa shape index (κ3) is 5.13. The number of halogens is 3. The maximum atomic E-state index is 12.6. The van der Waals surface area contributed by atoms with Gasteiger partial charge in [-0.05, 0) is 24.3 Å². The first kappa shape index (κ1) is 18.6. The van der Waals surface area contributed by atoms with E-state index in [2.05, 4.69) is 25.5 Å². The van der Waals surface area contributed by atoms with Crippen LogP contribution in [-0.2, 0) is 23.8 Å². The first-order chi connectivity index (χ1) is 12.9. The lowest BCUT2D eigenvalue weighted by atomic mass is 10.1. The Kier molecular flexibility index (Phi) is 5.49. The highest BCUT2D eigenvalue weighted by Gasteiger charge is 2.30. The molecule has 0 aliphatic carbocycles. The second-order valence-electron chi connectivity index (χ2n) is 5.78. The Balaban J connectivity index is 1.53. The molecule has 1 amide bonds. The van der Waals surface area contributed by atoms with Crippen LogP contribution < -0.4 is 5.32 Å². The van der Waals surface area contributed by atoms with Gasteiger partial charge in [0.05, 0.1) is 12.0 Å². The predicted molar refractivity (Wildman–Crippen MR) is 91.5 cm³/mol. The van der Waals surface area contributed by atoms with Crippen molar-refractivity contribution in [2.75, 3.05) is 6.54 Å². The minimum atomic E-state index is -4.39. The molecule has 27 heavy (non-hydrogen) atoms. The highest BCUT2D eigenvalue weighted by molar-refractivity contribution is 5.77. The van der Waals surface area contributed by atoms with Crippen molar-refractivity contribution in [3.8, 4) is 11.4 Å². The number of H-pyrrole nitrogens is 1. The van der Waals surface area contributed by atoms with Crippen LogP contribution in [0.3, 0.4) is 0 Å². The van der Waals surface area contributed by atoms with Gasteiger partial charge in [0.1, 0.15) is 5.82 Å². The largest absolute Gasteiger partial charge is 0.416 e. The number of nitrogens with zero attached hydrogens (tertiary/aromatic N) is 3. The minimum Gasteiger partial charge on any atom is -0.355 e. The summed E-state index contributed by atoms with van der Waals surface area (Å²) in [6.07, 6.45) is -2.10. The predicted octanol–water partition coefficient (Wildman–Crippen LogP) is 2.79. The van der Waals surface area contributed by atoms with Crippen LogP contribution in [0.2, 0.25) is 0 Å². The van der Waals surface area contributed by atoms with E-state index in [4.69, 9.17) is 0 Å². The van der Waals surface area contributed by atoms with E-state index >= 15 is 0 Å². The number of aromatic nitrogens is 4. The van der Waals surface area contributed by atoms with Gasteiger partial charge in [0, 0.05) is 30.4 Å². The van der Waals surface area contributed by atoms with Gasteiger partial charge in [-0.1, -0.05) is 18.2 Å². The van der Waals surface area contributed by atoms with Crippen molar-refractivity contribution < 1.29 is 18.0 Å². The lowest BCUT2D eigenvalue weighted by Gasteiger charge is -2.06. The highest BCUT2D eigenvalue weighted by atomic mass is 19.4. The summed E-state index contributed by atoms with van der Waals surface area (Å²) in [5.74, 6) is 0.335. The van der Waals surface area contributed by atoms with Gasteiger partial charge in [-0.2, -0.15) is 18.3 Å². The van der Waals surface area contributed by atoms with Crippen molar-refractivity contribution in [1.82, 2.24) is 25.5 Å². The fourth-order valence-electron chi connectivity index (χ4n) is 2.40. The summed E-state index contributed by atoms with van der Waals surface area (Å²) in [5.41, 5.74) is 0.567. The fraction of sp³-hybridized carbons (Fsp3) is 0.222. The van der Waals surface area contributed by atoms with E-state index in [9.17, 15) is 18.0 Å². The van der Waals surface area contributed by atoms with Crippen LogP contribution in [0.25, 0.3) is 11.4 Å². The number of carbonyl (C=O) groups is 1. The third-order valence-electron chi connectivity index (χ3n) is 3.76. The number of rotatable bonds is 6. The normalized spacial score (nSPS) is 11.4. The zero-order valence-electron chi connectivity index (χ0n) is 14.1. The van der Waals surface area contributed by atoms with Gasteiger partial charge in [0.2, 0.25) is 5.91 Å². The molecule has 9 heteroatoms. The van der Waals surface area contributed by atoms with Crippen LogP contribution in [0.5, 0.6) is 0 Å². The van der Waals surface area contributed by atoms with Gasteiger partial charge in [-0.15, -0.1) is 0 Å². The van der Waals surface area contributed by atoms with Crippen LogP contribution >= 0.6 is 0 Å². The molecule has 2 N–H and O–H groups in total. The lowest BCUT2D eigenvalue weighted by Crippen LogP contribution is -2.27. The van der Waals surface area contributed by atoms with Gasteiger partial charge in [-0.25, -0.2) is 4.98 Å². The number of carbonyl (C=O) groups excluding carboxylic acids is 1. The molecular weight excluding hydrogens is 359 g/mol. The van der Waals surface area contributed by atoms with Crippen molar-refractivity contribution in [2.24, 2.45) is 0 Å². The number of nitrogens with one attached hydrogen (secondary N) is 2. The monoisotopic (exact) mass is 375 g/mol. The van der Waals surface area contributed by atoms with E-state index in [0.717, 1.165) is 17.8 Å². The molecular formula is C18H16F3N5O. The van der Waals surface area contributed by atoms with Crippen LogP contribution in [0, 0.1) is 0 Å². The Morgan fingerprint density at radius 1 is 1.11 bits per heavy atom. The molecule has 3 rings (SSSR count). The summed E-state index contributed by atoms with van der Waals surface area (Å²) in [6, 6.07) is 10.1. The van der Waals surface area contributed by atoms with E-state index in [0.29, 0.717) is 24.4 Å². The topological polar surface area (TPSA) is 83.6 Å².